The van der Waals surface area contributed by atoms with Gasteiger partial charge in [0.05, 0.1) is 12.2 Å². The number of hydrogen-bond donors (Lipinski definition) is 0. The Labute approximate surface area is 152 Å². The fraction of sp³-hybridized carbons (Fsp3) is 0.400. The molecular formula is C20H24FN3S. The Bertz CT molecular complexity index is 843. The van der Waals surface area contributed by atoms with Crippen LogP contribution < -0.4 is 4.80 Å². The zero-order valence-corrected chi connectivity index (χ0v) is 15.7. The van der Waals surface area contributed by atoms with Gasteiger partial charge in [-0.2, -0.15) is 5.10 Å². The molecule has 1 aromatic heterocycles. The zero-order chi connectivity index (χ0) is 17.8. The molecule has 1 unspecified atom stereocenters. The number of halogens is 1. The van der Waals surface area contributed by atoms with E-state index >= 15 is 0 Å². The van der Waals surface area contributed by atoms with Crippen LogP contribution in [0.3, 0.4) is 0 Å². The van der Waals surface area contributed by atoms with Gasteiger partial charge in [-0.1, -0.05) is 19.1 Å². The van der Waals surface area contributed by atoms with Crippen molar-refractivity contribution in [1.82, 2.24) is 4.68 Å². The van der Waals surface area contributed by atoms with Gasteiger partial charge in [0.25, 0.3) is 0 Å². The Kier molecular flexibility index (Phi) is 5.63. The predicted octanol–water partition coefficient (Wildman–Crippen LogP) is 5.25. The topological polar surface area (TPSA) is 29.6 Å². The van der Waals surface area contributed by atoms with Crippen LogP contribution in [0.1, 0.15) is 39.5 Å². The molecule has 3 rings (SSSR count). The molecule has 0 radical (unpaired) electrons. The lowest BCUT2D eigenvalue weighted by atomic mass is 9.89. The summed E-state index contributed by atoms with van der Waals surface area (Å²) in [5.41, 5.74) is 4.14. The zero-order valence-electron chi connectivity index (χ0n) is 14.8. The summed E-state index contributed by atoms with van der Waals surface area (Å²) in [4.78, 5) is 5.51. The Morgan fingerprint density at radius 1 is 1.36 bits per heavy atom. The summed E-state index contributed by atoms with van der Waals surface area (Å²) >= 11 is 1.56. The Hall–Kier alpha value is -2.01. The molecule has 0 bridgehead atoms. The summed E-state index contributed by atoms with van der Waals surface area (Å²) < 4.78 is 15.2. The third kappa shape index (κ3) is 4.54. The predicted molar refractivity (Wildman–Crippen MR) is 103 cm³/mol. The summed E-state index contributed by atoms with van der Waals surface area (Å²) in [5.74, 6) is 0.446. The molecule has 0 N–H and O–H groups in total. The van der Waals surface area contributed by atoms with Gasteiger partial charge in [-0.15, -0.1) is 11.3 Å². The molecule has 1 heterocycles. The lowest BCUT2D eigenvalue weighted by molar-refractivity contribution is 0.497. The Morgan fingerprint density at radius 3 is 2.80 bits per heavy atom. The van der Waals surface area contributed by atoms with Crippen LogP contribution in [-0.4, -0.2) is 16.9 Å². The van der Waals surface area contributed by atoms with Gasteiger partial charge in [0.2, 0.25) is 4.80 Å². The van der Waals surface area contributed by atoms with E-state index in [2.05, 4.69) is 18.5 Å². The molecule has 1 aliphatic carbocycles. The highest BCUT2D eigenvalue weighted by Gasteiger charge is 2.16. The molecular weight excluding hydrogens is 333 g/mol. The standard InChI is InChI=1S/C20H24FN3S/c1-14(2)12-22-20-24(23-18-6-4-5-15(3)11-18)19(13-25-20)16-7-9-17(21)10-8-16/h7-10,13,15H,1,4-6,11-12H2,2-3H3. The van der Waals surface area contributed by atoms with Crippen LogP contribution in [0.25, 0.3) is 11.3 Å². The normalized spacial score (nSPS) is 20.2. The van der Waals surface area contributed by atoms with E-state index in [1.165, 1.54) is 30.7 Å². The summed E-state index contributed by atoms with van der Waals surface area (Å²) in [5, 5.41) is 6.97. The fourth-order valence-corrected chi connectivity index (χ4v) is 3.85. The number of benzene rings is 1. The molecule has 132 valence electrons. The number of thiazole rings is 1. The van der Waals surface area contributed by atoms with Crippen molar-refractivity contribution >= 4 is 17.0 Å². The van der Waals surface area contributed by atoms with Gasteiger partial charge in [0.15, 0.2) is 0 Å². The van der Waals surface area contributed by atoms with Crippen LogP contribution in [0.2, 0.25) is 0 Å². The molecule has 25 heavy (non-hydrogen) atoms. The smallest absolute Gasteiger partial charge is 0.206 e. The minimum atomic E-state index is -0.231. The molecule has 0 spiro atoms. The molecule has 3 nitrogen and oxygen atoms in total. The van der Waals surface area contributed by atoms with Crippen molar-refractivity contribution in [2.75, 3.05) is 6.54 Å². The number of rotatable bonds is 4. The minimum Gasteiger partial charge on any atom is -0.253 e. The van der Waals surface area contributed by atoms with E-state index in [0.717, 1.165) is 34.5 Å². The summed E-state index contributed by atoms with van der Waals surface area (Å²) in [6.07, 6.45) is 4.53. The second kappa shape index (κ2) is 7.91. The van der Waals surface area contributed by atoms with Gasteiger partial charge in [-0.05, 0) is 62.8 Å². The van der Waals surface area contributed by atoms with E-state index in [4.69, 9.17) is 5.10 Å². The summed E-state index contributed by atoms with van der Waals surface area (Å²) in [6.45, 7) is 8.76. The van der Waals surface area contributed by atoms with Gasteiger partial charge in [-0.3, -0.25) is 4.99 Å². The molecule has 1 fully saturated rings. The third-order valence-electron chi connectivity index (χ3n) is 4.30. The van der Waals surface area contributed by atoms with Gasteiger partial charge < -0.3 is 0 Å². The molecule has 5 heteroatoms. The van der Waals surface area contributed by atoms with Crippen molar-refractivity contribution in [2.24, 2.45) is 16.0 Å². The van der Waals surface area contributed by atoms with Crippen molar-refractivity contribution in [3.05, 3.63) is 52.4 Å². The van der Waals surface area contributed by atoms with Crippen molar-refractivity contribution < 1.29 is 4.39 Å². The summed E-state index contributed by atoms with van der Waals surface area (Å²) in [7, 11) is 0. The molecule has 1 aliphatic rings. The minimum absolute atomic E-state index is 0.231. The third-order valence-corrected chi connectivity index (χ3v) is 5.15. The van der Waals surface area contributed by atoms with Crippen LogP contribution in [0.5, 0.6) is 0 Å². The quantitative estimate of drug-likeness (QED) is 0.669. The van der Waals surface area contributed by atoms with E-state index in [9.17, 15) is 4.39 Å². The van der Waals surface area contributed by atoms with Crippen molar-refractivity contribution in [1.29, 1.82) is 0 Å². The largest absolute Gasteiger partial charge is 0.253 e. The fourth-order valence-electron chi connectivity index (χ4n) is 3.02. The molecule has 1 aromatic carbocycles. The van der Waals surface area contributed by atoms with Crippen molar-refractivity contribution in [3.63, 3.8) is 0 Å². The Balaban J connectivity index is 2.06. The van der Waals surface area contributed by atoms with Crippen molar-refractivity contribution in [2.45, 2.75) is 39.5 Å². The average molecular weight is 357 g/mol. The maximum Gasteiger partial charge on any atom is 0.206 e. The molecule has 1 saturated carbocycles. The van der Waals surface area contributed by atoms with Crippen LogP contribution in [-0.2, 0) is 0 Å². The van der Waals surface area contributed by atoms with E-state index in [1.54, 1.807) is 23.5 Å². The first-order valence-corrected chi connectivity index (χ1v) is 9.59. The molecule has 0 aliphatic heterocycles. The Morgan fingerprint density at radius 2 is 2.12 bits per heavy atom. The van der Waals surface area contributed by atoms with Crippen LogP contribution in [0.15, 0.2) is 51.9 Å². The second-order valence-corrected chi connectivity index (χ2v) is 7.70. The first-order valence-electron chi connectivity index (χ1n) is 8.71. The lowest BCUT2D eigenvalue weighted by Gasteiger charge is -2.19. The molecule has 2 aromatic rings. The second-order valence-electron chi connectivity index (χ2n) is 6.86. The molecule has 0 amide bonds. The monoisotopic (exact) mass is 357 g/mol. The lowest BCUT2D eigenvalue weighted by Crippen LogP contribution is -2.19. The number of nitrogens with zero attached hydrogens (tertiary/aromatic N) is 3. The maximum absolute atomic E-state index is 13.3. The van der Waals surface area contributed by atoms with Gasteiger partial charge in [0, 0.05) is 16.7 Å². The maximum atomic E-state index is 13.3. The van der Waals surface area contributed by atoms with Gasteiger partial charge in [0.1, 0.15) is 5.82 Å². The highest BCUT2D eigenvalue weighted by Crippen LogP contribution is 2.24. The molecule has 0 saturated heterocycles. The SMILES string of the molecule is C=C(C)CN=c1scc(-c2ccc(F)cc2)n1N=C1CCCC(C)C1. The summed E-state index contributed by atoms with van der Waals surface area (Å²) in [6, 6.07) is 6.55. The van der Waals surface area contributed by atoms with E-state index in [0.29, 0.717) is 12.5 Å². The van der Waals surface area contributed by atoms with E-state index in [-0.39, 0.29) is 5.82 Å². The number of aromatic nitrogens is 1. The van der Waals surface area contributed by atoms with Gasteiger partial charge >= 0.3 is 0 Å². The average Bonchev–Trinajstić information content (AvgIpc) is 2.96. The van der Waals surface area contributed by atoms with Crippen LogP contribution >= 0.6 is 11.3 Å². The van der Waals surface area contributed by atoms with E-state index < -0.39 is 0 Å². The first-order chi connectivity index (χ1) is 12.0. The highest BCUT2D eigenvalue weighted by atomic mass is 32.1. The van der Waals surface area contributed by atoms with Crippen LogP contribution in [0.4, 0.5) is 4.39 Å². The van der Waals surface area contributed by atoms with E-state index in [1.807, 2.05) is 17.0 Å². The number of hydrogen-bond acceptors (Lipinski definition) is 3. The van der Waals surface area contributed by atoms with Crippen molar-refractivity contribution in [3.8, 4) is 11.3 Å². The first kappa shape index (κ1) is 17.8. The van der Waals surface area contributed by atoms with Gasteiger partial charge in [-0.25, -0.2) is 9.07 Å². The van der Waals surface area contributed by atoms with Crippen LogP contribution in [0, 0.1) is 11.7 Å². The molecule has 1 atom stereocenters. The highest BCUT2D eigenvalue weighted by molar-refractivity contribution is 7.07.